The van der Waals surface area contributed by atoms with Gasteiger partial charge in [-0.2, -0.15) is 0 Å². The molecule has 4 heterocycles. The van der Waals surface area contributed by atoms with Crippen LogP contribution < -0.4 is 5.32 Å². The van der Waals surface area contributed by atoms with E-state index >= 15 is 0 Å². The van der Waals surface area contributed by atoms with Gasteiger partial charge in [0.2, 0.25) is 5.91 Å². The number of nitrogens with zero attached hydrogens (tertiary/aromatic N) is 4. The first-order valence-electron chi connectivity index (χ1n) is 21.9. The number of carbonyl (C=O) groups excluding carboxylic acids is 3. The van der Waals surface area contributed by atoms with Gasteiger partial charge in [-0.25, -0.2) is 19.6 Å². The zero-order chi connectivity index (χ0) is 41.9. The molecule has 2 aliphatic carbocycles. The highest BCUT2D eigenvalue weighted by Gasteiger charge is 2.41. The second-order valence-electron chi connectivity index (χ2n) is 18.3. The van der Waals surface area contributed by atoms with Crippen LogP contribution in [0.1, 0.15) is 133 Å². The summed E-state index contributed by atoms with van der Waals surface area (Å²) >= 11 is 0. The van der Waals surface area contributed by atoms with Gasteiger partial charge in [-0.3, -0.25) is 9.69 Å². The summed E-state index contributed by atoms with van der Waals surface area (Å²) in [4.78, 5) is 59.7. The maximum atomic E-state index is 13.9. The number of imidazole rings is 2. The molecule has 5 aromatic rings. The molecule has 2 saturated heterocycles. The molecule has 4 aliphatic rings. The Kier molecular flexibility index (Phi) is 10.4. The van der Waals surface area contributed by atoms with Crippen molar-refractivity contribution in [2.75, 3.05) is 20.2 Å². The van der Waals surface area contributed by atoms with Gasteiger partial charge in [0, 0.05) is 13.1 Å². The molecule has 12 heteroatoms. The molecule has 3 N–H and O–H groups in total. The molecule has 12 nitrogen and oxygen atoms in total. The molecule has 1 saturated carbocycles. The van der Waals surface area contributed by atoms with Crippen LogP contribution in [0.2, 0.25) is 0 Å². The van der Waals surface area contributed by atoms with Gasteiger partial charge in [0.05, 0.1) is 42.1 Å². The molecule has 3 amide bonds. The van der Waals surface area contributed by atoms with E-state index in [2.05, 4.69) is 69.9 Å². The van der Waals surface area contributed by atoms with Crippen LogP contribution in [0.15, 0.2) is 60.8 Å². The number of carbonyl (C=O) groups is 3. The summed E-state index contributed by atoms with van der Waals surface area (Å²) in [6.07, 6.45) is 8.80. The predicted molar refractivity (Wildman–Crippen MR) is 231 cm³/mol. The molecule has 314 valence electrons. The molecule has 2 bridgehead atoms. The smallest absolute Gasteiger partial charge is 0.410 e. The molecule has 9 rings (SSSR count). The van der Waals surface area contributed by atoms with Gasteiger partial charge >= 0.3 is 12.2 Å². The average molecular weight is 812 g/mol. The second-order valence-corrected chi connectivity index (χ2v) is 18.3. The van der Waals surface area contributed by atoms with Gasteiger partial charge in [-0.1, -0.05) is 62.7 Å². The minimum absolute atomic E-state index is 0.0442. The Morgan fingerprint density at radius 1 is 0.833 bits per heavy atom. The van der Waals surface area contributed by atoms with E-state index in [0.29, 0.717) is 24.9 Å². The van der Waals surface area contributed by atoms with E-state index in [1.165, 1.54) is 54.2 Å². The fraction of sp³-hybridized carbons (Fsp3) is 0.479. The van der Waals surface area contributed by atoms with Crippen molar-refractivity contribution in [2.24, 2.45) is 5.92 Å². The zero-order valence-electron chi connectivity index (χ0n) is 35.6. The topological polar surface area (TPSA) is 146 Å². The summed E-state index contributed by atoms with van der Waals surface area (Å²) in [5.74, 6) is 2.53. The lowest BCUT2D eigenvalue weighted by Crippen LogP contribution is -2.51. The summed E-state index contributed by atoms with van der Waals surface area (Å²) < 4.78 is 10.5. The van der Waals surface area contributed by atoms with Gasteiger partial charge < -0.3 is 29.7 Å². The molecule has 3 aromatic carbocycles. The standard InChI is InChI=1S/C48H57N7O5/c1-7-27(2)42(53-46(57)59-6)45(56)54-22-8-11-39(54)44-50-35-21-18-30(25-36(35)51-44)34-20-19-33(40-31-16-17-32(24-31)41(34)40)28-12-14-29(15-13-28)37-26-49-43(52-37)38-10-9-23-55(38)47(58)60-48(3,4)5/h12-15,18-21,25-27,31-32,38-39,42H,7-11,16-17,22-24H2,1-6H3,(H,49,52)(H,50,51)(H,53,57)/t27?,31?,32?,38?,39?,42-/m0/s1. The van der Waals surface area contributed by atoms with Crippen molar-refractivity contribution in [1.29, 1.82) is 0 Å². The van der Waals surface area contributed by atoms with E-state index < -0.39 is 17.7 Å². The quantitative estimate of drug-likeness (QED) is 0.134. The maximum Gasteiger partial charge on any atom is 0.410 e. The average Bonchev–Trinajstić information content (AvgIpc) is 4.10. The van der Waals surface area contributed by atoms with E-state index in [1.807, 2.05) is 45.7 Å². The molecule has 5 unspecified atom stereocenters. The highest BCUT2D eigenvalue weighted by molar-refractivity contribution is 5.88. The number of hydrogen-bond donors (Lipinski definition) is 3. The van der Waals surface area contributed by atoms with Crippen LogP contribution in [0.5, 0.6) is 0 Å². The Morgan fingerprint density at radius 3 is 2.13 bits per heavy atom. The molecule has 2 aliphatic heterocycles. The summed E-state index contributed by atoms with van der Waals surface area (Å²) in [5.41, 5.74) is 11.2. The maximum absolute atomic E-state index is 13.9. The number of benzene rings is 3. The molecule has 3 fully saturated rings. The minimum atomic E-state index is -0.663. The number of fused-ring (bicyclic) bond motifs is 6. The first-order valence-corrected chi connectivity index (χ1v) is 21.9. The van der Waals surface area contributed by atoms with Gasteiger partial charge in [0.25, 0.3) is 0 Å². The number of amides is 3. The lowest BCUT2D eigenvalue weighted by atomic mass is 9.81. The zero-order valence-corrected chi connectivity index (χ0v) is 35.6. The number of aromatic amines is 2. The number of ether oxygens (including phenoxy) is 2. The number of H-pyrrole nitrogens is 2. The highest BCUT2D eigenvalue weighted by atomic mass is 16.6. The van der Waals surface area contributed by atoms with Crippen molar-refractivity contribution in [2.45, 2.75) is 122 Å². The predicted octanol–water partition coefficient (Wildman–Crippen LogP) is 10.2. The Morgan fingerprint density at radius 2 is 1.47 bits per heavy atom. The van der Waals surface area contributed by atoms with Crippen molar-refractivity contribution in [3.05, 3.63) is 83.6 Å². The number of likely N-dealkylation sites (tertiary alicyclic amines) is 2. The Bertz CT molecular complexity index is 2430. The van der Waals surface area contributed by atoms with Gasteiger partial charge in [0.1, 0.15) is 23.3 Å². The van der Waals surface area contributed by atoms with E-state index in [4.69, 9.17) is 19.4 Å². The molecular formula is C48H57N7O5. The summed E-state index contributed by atoms with van der Waals surface area (Å²) in [7, 11) is 1.32. The molecule has 6 atom stereocenters. The molecular weight excluding hydrogens is 755 g/mol. The molecule has 60 heavy (non-hydrogen) atoms. The van der Waals surface area contributed by atoms with E-state index in [-0.39, 0.29) is 30.0 Å². The number of methoxy groups -OCH3 is 1. The van der Waals surface area contributed by atoms with Crippen LogP contribution in [0.3, 0.4) is 0 Å². The van der Waals surface area contributed by atoms with Crippen molar-refractivity contribution >= 4 is 29.1 Å². The summed E-state index contributed by atoms with van der Waals surface area (Å²) in [6.45, 7) is 11.0. The van der Waals surface area contributed by atoms with Crippen LogP contribution in [0.25, 0.3) is 44.5 Å². The first kappa shape index (κ1) is 39.8. The van der Waals surface area contributed by atoms with E-state index in [9.17, 15) is 14.4 Å². The molecule has 0 spiro atoms. The highest BCUT2D eigenvalue weighted by Crippen LogP contribution is 2.58. The molecule has 0 radical (unpaired) electrons. The minimum Gasteiger partial charge on any atom is -0.453 e. The number of rotatable bonds is 9. The van der Waals surface area contributed by atoms with Crippen molar-refractivity contribution < 1.29 is 23.9 Å². The van der Waals surface area contributed by atoms with Gasteiger partial charge in [-0.15, -0.1) is 0 Å². The third-order valence-corrected chi connectivity index (χ3v) is 13.4. The first-order chi connectivity index (χ1) is 28.9. The van der Waals surface area contributed by atoms with Crippen molar-refractivity contribution in [3.63, 3.8) is 0 Å². The van der Waals surface area contributed by atoms with E-state index in [1.54, 1.807) is 4.90 Å². The summed E-state index contributed by atoms with van der Waals surface area (Å²) in [5, 5.41) is 2.79. The fourth-order valence-electron chi connectivity index (χ4n) is 10.3. The van der Waals surface area contributed by atoms with Crippen LogP contribution >= 0.6 is 0 Å². The van der Waals surface area contributed by atoms with Crippen LogP contribution in [-0.4, -0.2) is 79.7 Å². The Hall–Kier alpha value is -5.65. The lowest BCUT2D eigenvalue weighted by molar-refractivity contribution is -0.135. The third-order valence-electron chi connectivity index (χ3n) is 13.4. The fourth-order valence-corrected chi connectivity index (χ4v) is 10.3. The summed E-state index contributed by atoms with van der Waals surface area (Å²) in [6, 6.07) is 18.9. The van der Waals surface area contributed by atoms with Crippen LogP contribution in [0, 0.1) is 5.92 Å². The number of aromatic nitrogens is 4. The van der Waals surface area contributed by atoms with Crippen LogP contribution in [0.4, 0.5) is 9.59 Å². The normalized spacial score (nSPS) is 22.0. The number of alkyl carbamates (subject to hydrolysis) is 1. The SMILES string of the molecule is CCC(C)[C@H](NC(=O)OC)C(=O)N1CCCC1c1nc2cc(-c3ccc(-c4ccc(-c5cnc(C6CCCN6C(=O)OC(C)(C)C)[nH]5)cc4)c4c3C3CCC4C3)ccc2[nH]1. The Balaban J connectivity index is 0.962. The lowest BCUT2D eigenvalue weighted by Gasteiger charge is -2.30. The van der Waals surface area contributed by atoms with Crippen molar-refractivity contribution in [1.82, 2.24) is 35.1 Å². The monoisotopic (exact) mass is 811 g/mol. The second kappa shape index (κ2) is 15.7. The third kappa shape index (κ3) is 7.32. The van der Waals surface area contributed by atoms with E-state index in [0.717, 1.165) is 71.6 Å². The van der Waals surface area contributed by atoms with Gasteiger partial charge in [0.15, 0.2) is 0 Å². The van der Waals surface area contributed by atoms with Gasteiger partial charge in [-0.05, 0) is 135 Å². The number of hydrogen-bond acceptors (Lipinski definition) is 7. The Labute approximate surface area is 351 Å². The number of nitrogens with one attached hydrogen (secondary N) is 3. The van der Waals surface area contributed by atoms with Crippen molar-refractivity contribution in [3.8, 4) is 33.5 Å². The largest absolute Gasteiger partial charge is 0.453 e. The molecule has 2 aromatic heterocycles. The van der Waals surface area contributed by atoms with Crippen LogP contribution in [-0.2, 0) is 14.3 Å².